The van der Waals surface area contributed by atoms with Crippen LogP contribution in [0.15, 0.2) is 24.3 Å². The fourth-order valence-electron chi connectivity index (χ4n) is 2.99. The second-order valence-corrected chi connectivity index (χ2v) is 6.91. The van der Waals surface area contributed by atoms with Gasteiger partial charge in [-0.2, -0.15) is 0 Å². The highest BCUT2D eigenvalue weighted by atomic mass is 16.5. The summed E-state index contributed by atoms with van der Waals surface area (Å²) >= 11 is 0. The Morgan fingerprint density at radius 3 is 2.90 bits per heavy atom. The predicted molar refractivity (Wildman–Crippen MR) is 88.2 cm³/mol. The van der Waals surface area contributed by atoms with Crippen molar-refractivity contribution in [1.82, 2.24) is 5.32 Å². The Bertz CT molecular complexity index is 472. The van der Waals surface area contributed by atoms with Crippen molar-refractivity contribution in [2.75, 3.05) is 31.1 Å². The van der Waals surface area contributed by atoms with E-state index >= 15 is 0 Å². The van der Waals surface area contributed by atoms with Gasteiger partial charge in [0, 0.05) is 25.7 Å². The van der Waals surface area contributed by atoms with E-state index in [1.165, 1.54) is 24.9 Å². The molecule has 0 aromatic heterocycles. The summed E-state index contributed by atoms with van der Waals surface area (Å²) in [5, 5.41) is 3.72. The summed E-state index contributed by atoms with van der Waals surface area (Å²) in [5.41, 5.74) is 1.58. The number of para-hydroxylation sites is 2. The van der Waals surface area contributed by atoms with E-state index in [9.17, 15) is 0 Å². The molecule has 21 heavy (non-hydrogen) atoms. The second-order valence-electron chi connectivity index (χ2n) is 6.91. The van der Waals surface area contributed by atoms with Crippen molar-refractivity contribution >= 4 is 5.69 Å². The van der Waals surface area contributed by atoms with E-state index in [2.05, 4.69) is 48.3 Å². The highest BCUT2D eigenvalue weighted by Gasteiger charge is 2.30. The lowest BCUT2D eigenvalue weighted by molar-refractivity contribution is 0.292. The van der Waals surface area contributed by atoms with Crippen LogP contribution in [0.4, 0.5) is 5.69 Å². The minimum atomic E-state index is 0.319. The van der Waals surface area contributed by atoms with Crippen molar-refractivity contribution in [2.45, 2.75) is 45.6 Å². The Morgan fingerprint density at radius 2 is 2.14 bits per heavy atom. The zero-order chi connectivity index (χ0) is 14.7. The number of benzene rings is 1. The molecule has 1 aromatic carbocycles. The summed E-state index contributed by atoms with van der Waals surface area (Å²) in [6, 6.07) is 9.27. The highest BCUT2D eigenvalue weighted by Crippen LogP contribution is 2.34. The number of hydrogen-bond donors (Lipinski definition) is 1. The molecule has 1 aromatic rings. The van der Waals surface area contributed by atoms with E-state index < -0.39 is 0 Å². The van der Waals surface area contributed by atoms with Gasteiger partial charge in [0.25, 0.3) is 0 Å². The lowest BCUT2D eigenvalue weighted by Crippen LogP contribution is -2.43. The van der Waals surface area contributed by atoms with E-state index in [1.807, 2.05) is 0 Å². The molecule has 0 spiro atoms. The third-order valence-corrected chi connectivity index (χ3v) is 4.86. The molecule has 1 aliphatic carbocycles. The molecule has 1 N–H and O–H groups in total. The van der Waals surface area contributed by atoms with Crippen LogP contribution in [0.25, 0.3) is 0 Å². The summed E-state index contributed by atoms with van der Waals surface area (Å²) < 4.78 is 5.88. The monoisotopic (exact) mass is 288 g/mol. The fraction of sp³-hybridized carbons (Fsp3) is 0.667. The van der Waals surface area contributed by atoms with Crippen LogP contribution >= 0.6 is 0 Å². The fourth-order valence-corrected chi connectivity index (χ4v) is 2.99. The van der Waals surface area contributed by atoms with Crippen LogP contribution in [0, 0.1) is 5.41 Å². The minimum absolute atomic E-state index is 0.319. The zero-order valence-corrected chi connectivity index (χ0v) is 13.4. The summed E-state index contributed by atoms with van der Waals surface area (Å²) in [4.78, 5) is 2.53. The average Bonchev–Trinajstić information content (AvgIpc) is 3.33. The first kappa shape index (κ1) is 14.7. The number of nitrogens with zero attached hydrogens (tertiary/aromatic N) is 1. The van der Waals surface area contributed by atoms with E-state index in [-0.39, 0.29) is 0 Å². The Balaban J connectivity index is 1.72. The summed E-state index contributed by atoms with van der Waals surface area (Å²) in [5.74, 6) is 1.05. The van der Waals surface area contributed by atoms with Crippen LogP contribution < -0.4 is 15.0 Å². The van der Waals surface area contributed by atoms with Gasteiger partial charge in [-0.25, -0.2) is 0 Å². The van der Waals surface area contributed by atoms with Gasteiger partial charge in [-0.05, 0) is 43.2 Å². The molecule has 1 aliphatic heterocycles. The van der Waals surface area contributed by atoms with Gasteiger partial charge in [-0.15, -0.1) is 0 Å². The number of nitrogens with one attached hydrogen (secondary N) is 1. The Hall–Kier alpha value is -1.22. The van der Waals surface area contributed by atoms with Crippen LogP contribution in [0.5, 0.6) is 5.75 Å². The molecule has 0 radical (unpaired) electrons. The maximum Gasteiger partial charge on any atom is 0.142 e. The van der Waals surface area contributed by atoms with Crippen molar-refractivity contribution < 1.29 is 4.74 Å². The molecular formula is C18H28N2O. The lowest BCUT2D eigenvalue weighted by Gasteiger charge is -2.36. The molecule has 1 unspecified atom stereocenters. The summed E-state index contributed by atoms with van der Waals surface area (Å²) in [6.07, 6.45) is 5.02. The molecule has 3 rings (SSSR count). The number of rotatable bonds is 6. The molecule has 3 nitrogen and oxygen atoms in total. The van der Waals surface area contributed by atoms with Gasteiger partial charge >= 0.3 is 0 Å². The molecule has 116 valence electrons. The van der Waals surface area contributed by atoms with Gasteiger partial charge in [0.05, 0.1) is 12.3 Å². The van der Waals surface area contributed by atoms with Gasteiger partial charge < -0.3 is 15.0 Å². The molecular weight excluding hydrogens is 260 g/mol. The summed E-state index contributed by atoms with van der Waals surface area (Å²) in [7, 11) is 0. The largest absolute Gasteiger partial charge is 0.491 e. The quantitative estimate of drug-likeness (QED) is 0.868. The first-order valence-electron chi connectivity index (χ1n) is 8.40. The van der Waals surface area contributed by atoms with E-state index in [0.29, 0.717) is 5.41 Å². The topological polar surface area (TPSA) is 24.5 Å². The lowest BCUT2D eigenvalue weighted by atomic mass is 9.86. The molecule has 3 heteroatoms. The first-order valence-corrected chi connectivity index (χ1v) is 8.40. The van der Waals surface area contributed by atoms with Gasteiger partial charge in [0.2, 0.25) is 0 Å². The molecule has 2 aliphatic rings. The second kappa shape index (κ2) is 6.27. The number of fused-ring (bicyclic) bond motifs is 1. The van der Waals surface area contributed by atoms with Crippen molar-refractivity contribution in [1.29, 1.82) is 0 Å². The predicted octanol–water partition coefficient (Wildman–Crippen LogP) is 3.44. The number of anilines is 1. The Labute approximate surface area is 128 Å². The van der Waals surface area contributed by atoms with Gasteiger partial charge in [0.1, 0.15) is 5.75 Å². The molecule has 1 heterocycles. The van der Waals surface area contributed by atoms with Crippen LogP contribution in [0.2, 0.25) is 0 Å². The summed E-state index contributed by atoms with van der Waals surface area (Å²) in [6.45, 7) is 8.87. The SMILES string of the molecule is CCC(C)(CNC1CC1)CN1CCCOc2ccccc21. The van der Waals surface area contributed by atoms with Crippen LogP contribution in [0.1, 0.15) is 39.5 Å². The van der Waals surface area contributed by atoms with Gasteiger partial charge in [0.15, 0.2) is 0 Å². The Kier molecular flexibility index (Phi) is 4.39. The van der Waals surface area contributed by atoms with Crippen LogP contribution in [-0.4, -0.2) is 32.3 Å². The molecule has 1 atom stereocenters. The molecule has 0 bridgehead atoms. The highest BCUT2D eigenvalue weighted by molar-refractivity contribution is 5.59. The average molecular weight is 288 g/mol. The van der Waals surface area contributed by atoms with Crippen LogP contribution in [0.3, 0.4) is 0 Å². The van der Waals surface area contributed by atoms with E-state index in [4.69, 9.17) is 4.74 Å². The normalized spacial score (nSPS) is 21.1. The van der Waals surface area contributed by atoms with E-state index in [1.54, 1.807) is 0 Å². The van der Waals surface area contributed by atoms with Crippen molar-refractivity contribution in [2.24, 2.45) is 5.41 Å². The molecule has 1 saturated carbocycles. The third-order valence-electron chi connectivity index (χ3n) is 4.86. The molecule has 0 saturated heterocycles. The van der Waals surface area contributed by atoms with Gasteiger partial charge in [-0.3, -0.25) is 0 Å². The number of ether oxygens (including phenoxy) is 1. The van der Waals surface area contributed by atoms with Crippen molar-refractivity contribution in [3.63, 3.8) is 0 Å². The molecule has 1 fully saturated rings. The minimum Gasteiger partial charge on any atom is -0.491 e. The van der Waals surface area contributed by atoms with E-state index in [0.717, 1.165) is 44.5 Å². The standard InChI is InChI=1S/C18H28N2O/c1-3-18(2,13-19-15-9-10-15)14-20-11-6-12-21-17-8-5-4-7-16(17)20/h4-5,7-8,15,19H,3,6,9-14H2,1-2H3. The molecule has 0 amide bonds. The van der Waals surface area contributed by atoms with Crippen LogP contribution in [-0.2, 0) is 0 Å². The smallest absolute Gasteiger partial charge is 0.142 e. The third kappa shape index (κ3) is 3.70. The number of hydrogen-bond acceptors (Lipinski definition) is 3. The maximum atomic E-state index is 5.88. The first-order chi connectivity index (χ1) is 10.2. The maximum absolute atomic E-state index is 5.88. The Morgan fingerprint density at radius 1 is 1.33 bits per heavy atom. The van der Waals surface area contributed by atoms with Gasteiger partial charge in [-0.1, -0.05) is 26.0 Å². The zero-order valence-electron chi connectivity index (χ0n) is 13.4. The van der Waals surface area contributed by atoms with Crippen molar-refractivity contribution in [3.05, 3.63) is 24.3 Å². The van der Waals surface area contributed by atoms with Crippen molar-refractivity contribution in [3.8, 4) is 5.75 Å².